The Morgan fingerprint density at radius 2 is 1.67 bits per heavy atom. The molecule has 3 atom stereocenters. The minimum absolute atomic E-state index is 0.0892. The fourth-order valence-corrected chi connectivity index (χ4v) is 6.12. The van der Waals surface area contributed by atoms with E-state index >= 15 is 0 Å². The average Bonchev–Trinajstić information content (AvgIpc) is 3.45. The Morgan fingerprint density at radius 3 is 2.23 bits per heavy atom. The molecule has 1 amide bonds. The van der Waals surface area contributed by atoms with Crippen molar-refractivity contribution in [3.8, 4) is 5.75 Å². The van der Waals surface area contributed by atoms with Crippen LogP contribution in [0.3, 0.4) is 0 Å². The summed E-state index contributed by atoms with van der Waals surface area (Å²) in [5.74, 6) is -1.59. The summed E-state index contributed by atoms with van der Waals surface area (Å²) < 4.78 is 99.4. The Labute approximate surface area is 273 Å². The van der Waals surface area contributed by atoms with E-state index in [1.807, 2.05) is 0 Å². The van der Waals surface area contributed by atoms with Crippen LogP contribution in [0.2, 0.25) is 0 Å². The number of hydrogen-bond donors (Lipinski definition) is 2. The number of hydrogen-bond acceptors (Lipinski definition) is 7. The van der Waals surface area contributed by atoms with Crippen molar-refractivity contribution in [1.82, 2.24) is 5.32 Å². The number of ether oxygens (including phenoxy) is 2. The second kappa shape index (κ2) is 15.6. The maximum atomic E-state index is 13.3. The van der Waals surface area contributed by atoms with Gasteiger partial charge in [-0.2, -0.15) is 22.0 Å². The number of nitrogens with one attached hydrogen (secondary N) is 1. The molecule has 1 fully saturated rings. The van der Waals surface area contributed by atoms with Crippen LogP contribution in [0, 0.1) is 0 Å². The van der Waals surface area contributed by atoms with Gasteiger partial charge in [-0.1, -0.05) is 25.1 Å². The summed E-state index contributed by atoms with van der Waals surface area (Å²) in [6, 6.07) is 15.1. The number of alkyl halides is 5. The van der Waals surface area contributed by atoms with Crippen molar-refractivity contribution in [3.05, 3.63) is 102 Å². The summed E-state index contributed by atoms with van der Waals surface area (Å²) in [6.45, 7) is -1.65. The minimum atomic E-state index is -4.51. The third-order valence-corrected chi connectivity index (χ3v) is 9.45. The molecule has 0 spiro atoms. The molecular weight excluding hydrogens is 663 g/mol. The molecule has 4 rings (SSSR count). The van der Waals surface area contributed by atoms with Crippen LogP contribution in [0.1, 0.15) is 47.3 Å². The van der Waals surface area contributed by atoms with Gasteiger partial charge in [0.15, 0.2) is 9.84 Å². The fourth-order valence-electron chi connectivity index (χ4n) is 5.24. The van der Waals surface area contributed by atoms with E-state index in [-0.39, 0.29) is 48.0 Å². The number of carboxylic acid groups (broad SMARTS) is 1. The molecule has 1 aliphatic heterocycles. The minimum Gasteiger partial charge on any atom is -0.489 e. The van der Waals surface area contributed by atoms with Gasteiger partial charge < -0.3 is 24.8 Å². The molecule has 48 heavy (non-hydrogen) atoms. The van der Waals surface area contributed by atoms with E-state index in [4.69, 9.17) is 9.84 Å². The highest BCUT2D eigenvalue weighted by Gasteiger charge is 2.35. The van der Waals surface area contributed by atoms with Gasteiger partial charge in [-0.15, -0.1) is 0 Å². The van der Waals surface area contributed by atoms with Gasteiger partial charge in [-0.05, 0) is 72.6 Å². The number of carboxylic acids is 1. The predicted octanol–water partition coefficient (Wildman–Crippen LogP) is 6.27. The zero-order valence-corrected chi connectivity index (χ0v) is 26.4. The van der Waals surface area contributed by atoms with Crippen molar-refractivity contribution in [2.24, 2.45) is 0 Å². The number of nitrogens with zero attached hydrogens (tertiary/aromatic N) is 1. The molecule has 1 saturated heterocycles. The summed E-state index contributed by atoms with van der Waals surface area (Å²) in [7, 11) is -3.46. The van der Waals surface area contributed by atoms with Crippen molar-refractivity contribution in [1.29, 1.82) is 0 Å². The highest BCUT2D eigenvalue weighted by molar-refractivity contribution is 7.91. The van der Waals surface area contributed by atoms with Gasteiger partial charge in [-0.3, -0.25) is 4.79 Å². The summed E-state index contributed by atoms with van der Waals surface area (Å²) in [5.41, 5.74) is 0.497. The Balaban J connectivity index is 1.49. The van der Waals surface area contributed by atoms with E-state index in [1.165, 1.54) is 49.4 Å². The molecule has 0 aromatic heterocycles. The third-order valence-electron chi connectivity index (χ3n) is 7.70. The van der Waals surface area contributed by atoms with E-state index < -0.39 is 58.3 Å². The lowest BCUT2D eigenvalue weighted by Crippen LogP contribution is -2.34. The van der Waals surface area contributed by atoms with Crippen LogP contribution >= 0.6 is 0 Å². The van der Waals surface area contributed by atoms with Gasteiger partial charge in [0.25, 0.3) is 5.91 Å². The molecule has 9 nitrogen and oxygen atoms in total. The number of aliphatic carboxylic acids is 1. The molecule has 3 aromatic rings. The van der Waals surface area contributed by atoms with Crippen LogP contribution in [0.25, 0.3) is 0 Å². The summed E-state index contributed by atoms with van der Waals surface area (Å²) in [5, 5.41) is 11.8. The standard InChI is InChI=1S/C33H33F5N2O7S/c1-2-48(44,45)28-16-8-21(9-17-28)29(4-3-5-30(41)42)39-31(43)22-6-12-24(13-7-22)40-19-27(18-25(40)20-46-32(34)35)47-26-14-10-23(11-15-26)33(36,37)38/h3,5-17,25,27,29,32H,2,4,18-20H2,1H3,(H,39,43)(H,41,42)/b5-3+/t25-,27-,29?/m0/s1. The van der Waals surface area contributed by atoms with Gasteiger partial charge in [-0.25, -0.2) is 13.2 Å². The van der Waals surface area contributed by atoms with Crippen LogP contribution in [0.15, 0.2) is 89.8 Å². The van der Waals surface area contributed by atoms with Gasteiger partial charge in [0.1, 0.15) is 11.9 Å². The van der Waals surface area contributed by atoms with Gasteiger partial charge in [0, 0.05) is 23.7 Å². The molecule has 2 N–H and O–H groups in total. The number of anilines is 1. The summed E-state index contributed by atoms with van der Waals surface area (Å²) in [4.78, 5) is 26.1. The van der Waals surface area contributed by atoms with Gasteiger partial charge in [0.05, 0.1) is 41.4 Å². The van der Waals surface area contributed by atoms with Crippen molar-refractivity contribution in [3.63, 3.8) is 0 Å². The summed E-state index contributed by atoms with van der Waals surface area (Å²) in [6.07, 6.45) is -2.44. The Kier molecular flexibility index (Phi) is 11.8. The molecule has 1 aliphatic rings. The smallest absolute Gasteiger partial charge is 0.416 e. The topological polar surface area (TPSA) is 122 Å². The maximum Gasteiger partial charge on any atom is 0.416 e. The van der Waals surface area contributed by atoms with Crippen LogP contribution < -0.4 is 15.0 Å². The lowest BCUT2D eigenvalue weighted by atomic mass is 10.0. The predicted molar refractivity (Wildman–Crippen MR) is 166 cm³/mol. The molecule has 0 radical (unpaired) electrons. The lowest BCUT2D eigenvalue weighted by Gasteiger charge is -2.26. The maximum absolute atomic E-state index is 13.3. The van der Waals surface area contributed by atoms with Crippen LogP contribution in [0.4, 0.5) is 27.6 Å². The SMILES string of the molecule is CCS(=O)(=O)c1ccc(C(C/C=C/C(=O)O)NC(=O)c2ccc(N3C[C@@H](Oc4ccc(C(F)(F)F)cc4)C[C@H]3COC(F)F)cc2)cc1. The summed E-state index contributed by atoms with van der Waals surface area (Å²) >= 11 is 0. The Hall–Kier alpha value is -4.50. The molecule has 1 unspecified atom stereocenters. The van der Waals surface area contributed by atoms with Crippen molar-refractivity contribution < 1.29 is 54.5 Å². The number of halogens is 5. The molecule has 0 aliphatic carbocycles. The third kappa shape index (κ3) is 9.76. The van der Waals surface area contributed by atoms with Crippen molar-refractivity contribution in [2.45, 2.75) is 55.6 Å². The average molecular weight is 697 g/mol. The Bertz CT molecular complexity index is 1680. The zero-order chi connectivity index (χ0) is 35.1. The van der Waals surface area contributed by atoms with Crippen LogP contribution in [-0.2, 0) is 25.5 Å². The first-order valence-corrected chi connectivity index (χ1v) is 16.4. The largest absolute Gasteiger partial charge is 0.489 e. The molecule has 0 saturated carbocycles. The van der Waals surface area contributed by atoms with E-state index in [9.17, 15) is 40.0 Å². The molecule has 0 bridgehead atoms. The molecule has 15 heteroatoms. The zero-order valence-electron chi connectivity index (χ0n) is 25.6. The van der Waals surface area contributed by atoms with Gasteiger partial charge >= 0.3 is 18.8 Å². The number of amides is 1. The molecule has 3 aromatic carbocycles. The second-order valence-corrected chi connectivity index (χ2v) is 13.2. The highest BCUT2D eigenvalue weighted by atomic mass is 32.2. The van der Waals surface area contributed by atoms with E-state index in [0.717, 1.165) is 18.2 Å². The van der Waals surface area contributed by atoms with E-state index in [0.29, 0.717) is 11.3 Å². The van der Waals surface area contributed by atoms with Crippen LogP contribution in [-0.4, -0.2) is 63.1 Å². The quantitative estimate of drug-likeness (QED) is 0.150. The monoisotopic (exact) mass is 696 g/mol. The lowest BCUT2D eigenvalue weighted by molar-refractivity contribution is -0.137. The number of sulfone groups is 1. The van der Waals surface area contributed by atoms with Crippen molar-refractivity contribution in [2.75, 3.05) is 23.8 Å². The molecule has 1 heterocycles. The fraction of sp³-hybridized carbons (Fsp3) is 0.333. The first-order valence-electron chi connectivity index (χ1n) is 14.8. The molecule has 258 valence electrons. The highest BCUT2D eigenvalue weighted by Crippen LogP contribution is 2.33. The number of carbonyl (C=O) groups is 2. The Morgan fingerprint density at radius 1 is 1.02 bits per heavy atom. The van der Waals surface area contributed by atoms with Crippen molar-refractivity contribution >= 4 is 27.4 Å². The number of rotatable bonds is 14. The molecular formula is C33H33F5N2O7S. The first kappa shape index (κ1) is 36.3. The van der Waals surface area contributed by atoms with E-state index in [1.54, 1.807) is 29.2 Å². The van der Waals surface area contributed by atoms with E-state index in [2.05, 4.69) is 10.1 Å². The number of carbonyl (C=O) groups excluding carboxylic acids is 1. The van der Waals surface area contributed by atoms with Crippen LogP contribution in [0.5, 0.6) is 5.75 Å². The first-order chi connectivity index (χ1) is 22.7. The second-order valence-electron chi connectivity index (χ2n) is 10.9. The number of benzene rings is 3. The normalized spacial score (nSPS) is 17.5. The van der Waals surface area contributed by atoms with Gasteiger partial charge in [0.2, 0.25) is 0 Å².